The van der Waals surface area contributed by atoms with Crippen LogP contribution in [-0.4, -0.2) is 21.1 Å². The van der Waals surface area contributed by atoms with Crippen molar-refractivity contribution in [1.82, 2.24) is 4.98 Å². The van der Waals surface area contributed by atoms with Gasteiger partial charge in [-0.25, -0.2) is 4.98 Å². The Balaban J connectivity index is 2.83. The summed E-state index contributed by atoms with van der Waals surface area (Å²) in [5.74, 6) is -0.296. The zero-order valence-corrected chi connectivity index (χ0v) is 12.8. The summed E-state index contributed by atoms with van der Waals surface area (Å²) in [7, 11) is 0. The van der Waals surface area contributed by atoms with Gasteiger partial charge in [0.25, 0.3) is 5.69 Å². The molecule has 106 valence electrons. The van der Waals surface area contributed by atoms with Crippen LogP contribution >= 0.6 is 15.9 Å². The first kappa shape index (κ1) is 14.9. The molecular formula is C14H15BrN2O3. The lowest BCUT2D eigenvalue weighted by molar-refractivity contribution is -0.386. The molecule has 1 aromatic heterocycles. The van der Waals surface area contributed by atoms with Gasteiger partial charge in [-0.2, -0.15) is 0 Å². The van der Waals surface area contributed by atoms with Gasteiger partial charge in [0, 0.05) is 21.3 Å². The zero-order chi connectivity index (χ0) is 14.9. The number of halogens is 1. The Kier molecular flexibility index (Phi) is 4.35. The Labute approximate surface area is 124 Å². The number of aliphatic hydroxyl groups is 1. The summed E-state index contributed by atoms with van der Waals surface area (Å²) < 4.78 is 0.828. The second kappa shape index (κ2) is 5.85. The Morgan fingerprint density at radius 3 is 2.75 bits per heavy atom. The summed E-state index contributed by atoms with van der Waals surface area (Å²) in [5.41, 5.74) is 1.20. The van der Waals surface area contributed by atoms with Gasteiger partial charge in [-0.1, -0.05) is 22.9 Å². The van der Waals surface area contributed by atoms with Gasteiger partial charge >= 0.3 is 0 Å². The van der Waals surface area contributed by atoms with Crippen LogP contribution in [-0.2, 0) is 0 Å². The molecule has 20 heavy (non-hydrogen) atoms. The van der Waals surface area contributed by atoms with Gasteiger partial charge < -0.3 is 5.11 Å². The maximum Gasteiger partial charge on any atom is 0.291 e. The Bertz CT molecular complexity index is 658. The van der Waals surface area contributed by atoms with E-state index in [1.54, 1.807) is 13.0 Å². The molecule has 1 heterocycles. The third kappa shape index (κ3) is 2.66. The normalized spacial score (nSPS) is 14.2. The number of aromatic nitrogens is 1. The van der Waals surface area contributed by atoms with Crippen molar-refractivity contribution in [3.63, 3.8) is 0 Å². The van der Waals surface area contributed by atoms with Gasteiger partial charge in [0.2, 0.25) is 0 Å². The molecule has 0 aliphatic carbocycles. The number of fused-ring (bicyclic) bond motifs is 1. The molecule has 0 amide bonds. The third-order valence-corrected chi connectivity index (χ3v) is 3.93. The van der Waals surface area contributed by atoms with E-state index in [0.29, 0.717) is 22.9 Å². The van der Waals surface area contributed by atoms with Crippen molar-refractivity contribution in [2.24, 2.45) is 0 Å². The van der Waals surface area contributed by atoms with Crippen LogP contribution in [0, 0.1) is 10.1 Å². The van der Waals surface area contributed by atoms with Crippen molar-refractivity contribution in [3.8, 4) is 0 Å². The lowest BCUT2D eigenvalue weighted by atomic mass is 9.88. The molecule has 0 aliphatic rings. The first-order valence-electron chi connectivity index (χ1n) is 6.36. The molecule has 0 aliphatic heterocycles. The molecule has 0 radical (unpaired) electrons. The molecule has 2 atom stereocenters. The summed E-state index contributed by atoms with van der Waals surface area (Å²) in [6.07, 6.45) is 1.23. The molecule has 0 saturated heterocycles. The van der Waals surface area contributed by atoms with Crippen LogP contribution in [0.2, 0.25) is 0 Å². The van der Waals surface area contributed by atoms with E-state index in [1.165, 1.54) is 6.20 Å². The predicted molar refractivity (Wildman–Crippen MR) is 80.8 cm³/mol. The summed E-state index contributed by atoms with van der Waals surface area (Å²) in [6, 6.07) is 5.46. The summed E-state index contributed by atoms with van der Waals surface area (Å²) in [5, 5.41) is 21.9. The van der Waals surface area contributed by atoms with E-state index in [0.717, 1.165) is 4.47 Å². The van der Waals surface area contributed by atoms with Crippen LogP contribution in [0.5, 0.6) is 0 Å². The van der Waals surface area contributed by atoms with E-state index in [1.807, 2.05) is 19.1 Å². The smallest absolute Gasteiger partial charge is 0.291 e. The molecule has 0 bridgehead atoms. The van der Waals surface area contributed by atoms with E-state index >= 15 is 0 Å². The van der Waals surface area contributed by atoms with Crippen LogP contribution in [0.25, 0.3) is 10.9 Å². The topological polar surface area (TPSA) is 76.3 Å². The number of rotatable bonds is 4. The van der Waals surface area contributed by atoms with Crippen LogP contribution in [0.15, 0.2) is 28.9 Å². The number of benzene rings is 1. The first-order chi connectivity index (χ1) is 9.45. The van der Waals surface area contributed by atoms with Crippen molar-refractivity contribution in [3.05, 3.63) is 44.5 Å². The van der Waals surface area contributed by atoms with E-state index in [4.69, 9.17) is 0 Å². The second-order valence-electron chi connectivity index (χ2n) is 4.73. The van der Waals surface area contributed by atoms with Crippen LogP contribution in [0.4, 0.5) is 5.69 Å². The monoisotopic (exact) mass is 338 g/mol. The fourth-order valence-corrected chi connectivity index (χ4v) is 2.86. The quantitative estimate of drug-likeness (QED) is 0.679. The molecule has 6 heteroatoms. The van der Waals surface area contributed by atoms with E-state index in [-0.39, 0.29) is 11.6 Å². The summed E-state index contributed by atoms with van der Waals surface area (Å²) in [4.78, 5) is 15.0. The minimum absolute atomic E-state index is 0.0386. The molecule has 0 fully saturated rings. The van der Waals surface area contributed by atoms with E-state index in [9.17, 15) is 15.2 Å². The van der Waals surface area contributed by atoms with Gasteiger partial charge in [0.1, 0.15) is 6.20 Å². The first-order valence-corrected chi connectivity index (χ1v) is 7.15. The number of aliphatic hydroxyl groups excluding tert-OH is 1. The summed E-state index contributed by atoms with van der Waals surface area (Å²) in [6.45, 7) is 3.56. The maximum absolute atomic E-state index is 11.3. The Morgan fingerprint density at radius 1 is 1.50 bits per heavy atom. The van der Waals surface area contributed by atoms with E-state index in [2.05, 4.69) is 20.9 Å². The predicted octanol–water partition coefficient (Wildman–Crippen LogP) is 3.78. The second-order valence-corrected chi connectivity index (χ2v) is 5.65. The maximum atomic E-state index is 11.3. The largest absolute Gasteiger partial charge is 0.393 e. The highest BCUT2D eigenvalue weighted by atomic mass is 79.9. The average molecular weight is 339 g/mol. The van der Waals surface area contributed by atoms with Gasteiger partial charge in [-0.15, -0.1) is 0 Å². The van der Waals surface area contributed by atoms with Crippen LogP contribution in [0.1, 0.15) is 31.7 Å². The van der Waals surface area contributed by atoms with Crippen molar-refractivity contribution < 1.29 is 10.0 Å². The van der Waals surface area contributed by atoms with Crippen molar-refractivity contribution in [2.75, 3.05) is 0 Å². The molecule has 2 unspecified atom stereocenters. The number of nitro groups is 1. The van der Waals surface area contributed by atoms with Gasteiger partial charge in [-0.3, -0.25) is 10.1 Å². The number of hydrogen-bond acceptors (Lipinski definition) is 4. The number of hydrogen-bond donors (Lipinski definition) is 1. The SMILES string of the molecule is CCC(c1c([N+](=O)[O-])cnc2ccc(Br)cc12)C(C)O. The number of nitrogens with zero attached hydrogens (tertiary/aromatic N) is 2. The lowest BCUT2D eigenvalue weighted by Gasteiger charge is -2.20. The molecule has 1 aromatic carbocycles. The highest BCUT2D eigenvalue weighted by Gasteiger charge is 2.27. The highest BCUT2D eigenvalue weighted by molar-refractivity contribution is 9.10. The van der Waals surface area contributed by atoms with Crippen LogP contribution in [0.3, 0.4) is 0 Å². The Morgan fingerprint density at radius 2 is 2.20 bits per heavy atom. The van der Waals surface area contributed by atoms with Crippen molar-refractivity contribution in [1.29, 1.82) is 0 Å². The van der Waals surface area contributed by atoms with Crippen LogP contribution < -0.4 is 0 Å². The lowest BCUT2D eigenvalue weighted by Crippen LogP contribution is -2.16. The molecular weight excluding hydrogens is 324 g/mol. The van der Waals surface area contributed by atoms with E-state index < -0.39 is 11.0 Å². The molecule has 1 N–H and O–H groups in total. The molecule has 2 rings (SSSR count). The fourth-order valence-electron chi connectivity index (χ4n) is 2.50. The molecule has 5 nitrogen and oxygen atoms in total. The van der Waals surface area contributed by atoms with Crippen molar-refractivity contribution >= 4 is 32.5 Å². The van der Waals surface area contributed by atoms with Gasteiger partial charge in [0.15, 0.2) is 0 Å². The average Bonchev–Trinajstić information content (AvgIpc) is 2.39. The Hall–Kier alpha value is -1.53. The van der Waals surface area contributed by atoms with Crippen molar-refractivity contribution in [2.45, 2.75) is 32.3 Å². The standard InChI is InChI=1S/C14H15BrN2O3/c1-3-10(8(2)18)14-11-6-9(15)4-5-12(11)16-7-13(14)17(19)20/h4-8,10,18H,3H2,1-2H3. The third-order valence-electron chi connectivity index (χ3n) is 3.44. The minimum Gasteiger partial charge on any atom is -0.393 e. The van der Waals surface area contributed by atoms with Gasteiger partial charge in [-0.05, 0) is 31.5 Å². The molecule has 2 aromatic rings. The summed E-state index contributed by atoms with van der Waals surface area (Å²) >= 11 is 3.38. The molecule has 0 spiro atoms. The fraction of sp³-hybridized carbons (Fsp3) is 0.357. The minimum atomic E-state index is -0.664. The number of pyridine rings is 1. The molecule has 0 saturated carbocycles. The highest BCUT2D eigenvalue weighted by Crippen LogP contribution is 2.37. The van der Waals surface area contributed by atoms with Gasteiger partial charge in [0.05, 0.1) is 16.5 Å². The zero-order valence-electron chi connectivity index (χ0n) is 11.2.